The van der Waals surface area contributed by atoms with Crippen LogP contribution in [0.15, 0.2) is 174 Å². The molecule has 1 aromatic heterocycles. The molecule has 9 aromatic rings. The summed E-state index contributed by atoms with van der Waals surface area (Å²) in [5.74, 6) is 1.74. The maximum atomic E-state index is 6.98. The smallest absolute Gasteiger partial charge is 0.257 e. The minimum absolute atomic E-state index is 0.0170. The molecule has 5 heteroatoms. The second kappa shape index (κ2) is 11.1. The van der Waals surface area contributed by atoms with E-state index >= 15 is 0 Å². The van der Waals surface area contributed by atoms with Crippen molar-refractivity contribution >= 4 is 89.9 Å². The summed E-state index contributed by atoms with van der Waals surface area (Å²) in [6, 6.07) is 60.5. The summed E-state index contributed by atoms with van der Waals surface area (Å²) in [5, 5.41) is 4.68. The third-order valence-corrected chi connectivity index (χ3v) is 10.8. The van der Waals surface area contributed by atoms with Gasteiger partial charge in [-0.05, 0) is 94.7 Å². The van der Waals surface area contributed by atoms with Crippen LogP contribution >= 0.6 is 0 Å². The Morgan fingerprint density at radius 2 is 1.27 bits per heavy atom. The third-order valence-electron chi connectivity index (χ3n) is 10.8. The van der Waals surface area contributed by atoms with E-state index < -0.39 is 0 Å². The summed E-state index contributed by atoms with van der Waals surface area (Å²) in [6.45, 7) is 2.11. The average Bonchev–Trinajstić information content (AvgIpc) is 3.58. The van der Waals surface area contributed by atoms with Crippen molar-refractivity contribution in [3.8, 4) is 11.5 Å². The Kier molecular flexibility index (Phi) is 6.23. The minimum Gasteiger partial charge on any atom is -0.458 e. The largest absolute Gasteiger partial charge is 0.458 e. The van der Waals surface area contributed by atoms with Crippen molar-refractivity contribution < 1.29 is 9.15 Å². The van der Waals surface area contributed by atoms with E-state index in [9.17, 15) is 0 Å². The van der Waals surface area contributed by atoms with Gasteiger partial charge >= 0.3 is 0 Å². The molecule has 0 unspecified atom stereocenters. The van der Waals surface area contributed by atoms with E-state index in [0.717, 1.165) is 67.3 Å². The van der Waals surface area contributed by atoms with Gasteiger partial charge in [0.05, 0.1) is 5.69 Å². The first kappa shape index (κ1) is 29.1. The molecule has 2 aliphatic rings. The van der Waals surface area contributed by atoms with Crippen LogP contribution in [0.1, 0.15) is 5.56 Å². The summed E-state index contributed by atoms with van der Waals surface area (Å²) < 4.78 is 13.6. The average molecular weight is 667 g/mol. The number of ether oxygens (including phenoxy) is 1. The number of para-hydroxylation sites is 3. The zero-order chi connectivity index (χ0) is 34.3. The third kappa shape index (κ3) is 4.23. The Bertz CT molecular complexity index is 2860. The van der Waals surface area contributed by atoms with Crippen molar-refractivity contribution in [2.45, 2.75) is 6.92 Å². The summed E-state index contributed by atoms with van der Waals surface area (Å²) in [5.41, 5.74) is 13.1. The second-order valence-electron chi connectivity index (χ2n) is 13.8. The van der Waals surface area contributed by atoms with Crippen LogP contribution < -0.4 is 30.9 Å². The van der Waals surface area contributed by atoms with Crippen LogP contribution in [0.5, 0.6) is 11.5 Å². The molecule has 8 aromatic carbocycles. The van der Waals surface area contributed by atoms with Crippen LogP contribution in [0.4, 0.5) is 34.1 Å². The number of hydrogen-bond donors (Lipinski definition) is 0. The van der Waals surface area contributed by atoms with Gasteiger partial charge in [-0.2, -0.15) is 0 Å². The van der Waals surface area contributed by atoms with Gasteiger partial charge in [0, 0.05) is 45.3 Å². The quantitative estimate of drug-likeness (QED) is 0.175. The van der Waals surface area contributed by atoms with Crippen molar-refractivity contribution in [2.75, 3.05) is 9.80 Å². The summed E-state index contributed by atoms with van der Waals surface area (Å²) in [6.07, 6.45) is 0. The first-order valence-electron chi connectivity index (χ1n) is 17.8. The Balaban J connectivity index is 1.14. The van der Waals surface area contributed by atoms with E-state index in [-0.39, 0.29) is 6.71 Å². The number of furan rings is 1. The van der Waals surface area contributed by atoms with Crippen molar-refractivity contribution in [2.24, 2.45) is 0 Å². The van der Waals surface area contributed by atoms with Crippen LogP contribution in [0.2, 0.25) is 0 Å². The molecule has 0 atom stereocenters. The van der Waals surface area contributed by atoms with Gasteiger partial charge in [0.15, 0.2) is 5.58 Å². The fraction of sp³-hybridized carbons (Fsp3) is 0.0213. The van der Waals surface area contributed by atoms with Crippen LogP contribution in [0, 0.1) is 6.92 Å². The minimum atomic E-state index is -0.0170. The lowest BCUT2D eigenvalue weighted by Crippen LogP contribution is -2.59. The number of anilines is 6. The van der Waals surface area contributed by atoms with Crippen molar-refractivity contribution in [3.05, 3.63) is 175 Å². The van der Waals surface area contributed by atoms with Crippen LogP contribution in [-0.2, 0) is 0 Å². The van der Waals surface area contributed by atoms with Gasteiger partial charge in [0.25, 0.3) is 6.71 Å². The van der Waals surface area contributed by atoms with Gasteiger partial charge in [0.2, 0.25) is 0 Å². The highest BCUT2D eigenvalue weighted by atomic mass is 16.5. The van der Waals surface area contributed by atoms with Gasteiger partial charge < -0.3 is 19.0 Å². The number of rotatable bonds is 4. The Hall–Kier alpha value is -6.72. The molecule has 11 rings (SSSR count). The SMILES string of the molecule is Cc1ccc(N(c2ccc3c(c2)Oc2cccc4c2B3c2c(ccc3ccccc23)N4c2ccccc2)c2cccc3c2oc2ccccc23)cc1. The molecule has 0 amide bonds. The molecule has 0 N–H and O–H groups in total. The van der Waals surface area contributed by atoms with Gasteiger partial charge in [-0.1, -0.05) is 109 Å². The van der Waals surface area contributed by atoms with Crippen LogP contribution in [0.25, 0.3) is 32.7 Å². The Labute approximate surface area is 301 Å². The highest BCUT2D eigenvalue weighted by Crippen LogP contribution is 2.45. The molecule has 0 saturated carbocycles. The zero-order valence-electron chi connectivity index (χ0n) is 28.5. The number of fused-ring (bicyclic) bond motifs is 9. The highest BCUT2D eigenvalue weighted by molar-refractivity contribution is 7.00. The monoisotopic (exact) mass is 666 g/mol. The topological polar surface area (TPSA) is 28.9 Å². The lowest BCUT2D eigenvalue weighted by atomic mass is 9.33. The standard InChI is InChI=1S/C47H31BN2O2/c1-30-21-24-33(25-22-30)49(41-18-9-16-37-36-15-7-8-19-42(36)52-47(37)41)34-26-27-38-44(29-34)51-43-20-10-17-39-46(43)48(38)45-35-14-6-5-11-31(35)23-28-40(45)50(39)32-12-3-2-4-13-32/h2-29H,1H3. The summed E-state index contributed by atoms with van der Waals surface area (Å²) in [7, 11) is 0. The number of benzene rings is 8. The maximum absolute atomic E-state index is 6.98. The first-order valence-corrected chi connectivity index (χ1v) is 17.8. The molecule has 0 radical (unpaired) electrons. The molecule has 2 aliphatic heterocycles. The molecule has 0 fully saturated rings. The van der Waals surface area contributed by atoms with Gasteiger partial charge in [-0.15, -0.1) is 0 Å². The van der Waals surface area contributed by atoms with Crippen LogP contribution in [0.3, 0.4) is 0 Å². The van der Waals surface area contributed by atoms with E-state index in [1.165, 1.54) is 32.9 Å². The Morgan fingerprint density at radius 3 is 2.15 bits per heavy atom. The molecule has 244 valence electrons. The van der Waals surface area contributed by atoms with E-state index in [1.807, 2.05) is 12.1 Å². The normalized spacial score (nSPS) is 12.8. The molecule has 0 spiro atoms. The lowest BCUT2D eigenvalue weighted by Gasteiger charge is -2.40. The molecule has 0 saturated heterocycles. The second-order valence-corrected chi connectivity index (χ2v) is 13.8. The maximum Gasteiger partial charge on any atom is 0.257 e. The number of aryl methyl sites for hydroxylation is 1. The van der Waals surface area contributed by atoms with Crippen molar-refractivity contribution in [1.29, 1.82) is 0 Å². The van der Waals surface area contributed by atoms with Crippen molar-refractivity contribution in [3.63, 3.8) is 0 Å². The van der Waals surface area contributed by atoms with E-state index in [4.69, 9.17) is 9.15 Å². The molecule has 0 bridgehead atoms. The molecule has 4 nitrogen and oxygen atoms in total. The van der Waals surface area contributed by atoms with Gasteiger partial charge in [-0.3, -0.25) is 0 Å². The summed E-state index contributed by atoms with van der Waals surface area (Å²) >= 11 is 0. The predicted octanol–water partition coefficient (Wildman–Crippen LogP) is 10.9. The molecule has 0 aliphatic carbocycles. The van der Waals surface area contributed by atoms with E-state index in [0.29, 0.717) is 0 Å². The fourth-order valence-electron chi connectivity index (χ4n) is 8.47. The van der Waals surface area contributed by atoms with Crippen molar-refractivity contribution in [1.82, 2.24) is 0 Å². The predicted molar refractivity (Wildman–Crippen MR) is 217 cm³/mol. The molecule has 52 heavy (non-hydrogen) atoms. The van der Waals surface area contributed by atoms with E-state index in [2.05, 4.69) is 174 Å². The highest BCUT2D eigenvalue weighted by Gasteiger charge is 2.42. The molecule has 3 heterocycles. The summed E-state index contributed by atoms with van der Waals surface area (Å²) in [4.78, 5) is 4.69. The first-order chi connectivity index (χ1) is 25.7. The van der Waals surface area contributed by atoms with Crippen LogP contribution in [-0.4, -0.2) is 6.71 Å². The number of nitrogens with zero attached hydrogens (tertiary/aromatic N) is 2. The van der Waals surface area contributed by atoms with Gasteiger partial charge in [0.1, 0.15) is 17.1 Å². The Morgan fingerprint density at radius 1 is 0.538 bits per heavy atom. The molecular formula is C47H31BN2O2. The molecular weight excluding hydrogens is 635 g/mol. The zero-order valence-corrected chi connectivity index (χ0v) is 28.5. The lowest BCUT2D eigenvalue weighted by molar-refractivity contribution is 0.487. The van der Waals surface area contributed by atoms with E-state index in [1.54, 1.807) is 0 Å². The van der Waals surface area contributed by atoms with Gasteiger partial charge in [-0.25, -0.2) is 0 Å². The number of hydrogen-bond acceptors (Lipinski definition) is 4. The fourth-order valence-corrected chi connectivity index (χ4v) is 8.47.